The summed E-state index contributed by atoms with van der Waals surface area (Å²) in [4.78, 5) is 8.39. The second kappa shape index (κ2) is 13.6. The molecule has 0 spiro atoms. The molecule has 0 saturated heterocycles. The Morgan fingerprint density at radius 2 is 1.84 bits per heavy atom. The maximum Gasteiger partial charge on any atom is 0.161 e. The van der Waals surface area contributed by atoms with Gasteiger partial charge in [0, 0.05) is 43.8 Å². The van der Waals surface area contributed by atoms with Crippen LogP contribution in [0.5, 0.6) is 0 Å². The average molecular weight is 421 g/mol. The Morgan fingerprint density at radius 3 is 2.52 bits per heavy atom. The zero-order valence-corrected chi connectivity index (χ0v) is 17.9. The molecule has 1 aromatic rings. The number of hydrogen-bond acceptors (Lipinski definition) is 7. The topological polar surface area (TPSA) is 74.7 Å². The first kappa shape index (κ1) is 23.7. The Bertz CT molecular complexity index is 949. The smallest absolute Gasteiger partial charge is 0.161 e. The van der Waals surface area contributed by atoms with Crippen LogP contribution in [0.3, 0.4) is 0 Å². The minimum atomic E-state index is 0.348. The number of ether oxygens (including phenoxy) is 4. The Balaban J connectivity index is 2.06. The molecule has 1 heterocycles. The summed E-state index contributed by atoms with van der Waals surface area (Å²) in [5.74, 6) is 7.21. The third-order valence-corrected chi connectivity index (χ3v) is 3.90. The van der Waals surface area contributed by atoms with Crippen LogP contribution in [-0.2, 0) is 18.9 Å². The number of rotatable bonds is 15. The summed E-state index contributed by atoms with van der Waals surface area (Å²) in [6.07, 6.45) is 14.1. The quantitative estimate of drug-likeness (QED) is 0.201. The van der Waals surface area contributed by atoms with E-state index in [2.05, 4.69) is 40.3 Å². The minimum Gasteiger partial charge on any atom is -0.488 e. The van der Waals surface area contributed by atoms with E-state index in [9.17, 15) is 0 Å². The molecular weight excluding hydrogens is 394 g/mol. The lowest BCUT2D eigenvalue weighted by Gasteiger charge is -2.14. The summed E-state index contributed by atoms with van der Waals surface area (Å²) < 4.78 is 21.4. The summed E-state index contributed by atoms with van der Waals surface area (Å²) in [6.45, 7) is 9.49. The van der Waals surface area contributed by atoms with Crippen LogP contribution in [-0.4, -0.2) is 50.6 Å². The predicted molar refractivity (Wildman–Crippen MR) is 122 cm³/mol. The largest absolute Gasteiger partial charge is 0.488 e. The van der Waals surface area contributed by atoms with E-state index in [1.807, 2.05) is 24.3 Å². The fourth-order valence-corrected chi connectivity index (χ4v) is 2.23. The van der Waals surface area contributed by atoms with Crippen LogP contribution in [0.25, 0.3) is 6.08 Å². The lowest BCUT2D eigenvalue weighted by Crippen LogP contribution is -2.08. The van der Waals surface area contributed by atoms with Gasteiger partial charge in [-0.15, -0.1) is 0 Å². The van der Waals surface area contributed by atoms with Crippen molar-refractivity contribution < 1.29 is 18.9 Å². The van der Waals surface area contributed by atoms with Gasteiger partial charge >= 0.3 is 0 Å². The van der Waals surface area contributed by atoms with Crippen molar-refractivity contribution in [1.82, 2.24) is 9.97 Å². The Hall–Kier alpha value is -3.60. The molecule has 0 radical (unpaired) electrons. The van der Waals surface area contributed by atoms with Gasteiger partial charge in [-0.3, -0.25) is 0 Å². The molecule has 0 unspecified atom stereocenters. The van der Waals surface area contributed by atoms with E-state index in [1.165, 1.54) is 6.33 Å². The molecule has 0 aliphatic heterocycles. The summed E-state index contributed by atoms with van der Waals surface area (Å²) in [7, 11) is 3.21. The molecule has 1 N–H and O–H groups in total. The number of nitrogens with one attached hydrogen (secondary N) is 1. The molecule has 162 valence electrons. The van der Waals surface area contributed by atoms with Crippen LogP contribution >= 0.6 is 0 Å². The molecule has 2 rings (SSSR count). The summed E-state index contributed by atoms with van der Waals surface area (Å²) in [5.41, 5.74) is 2.54. The van der Waals surface area contributed by atoms with Crippen molar-refractivity contribution in [2.45, 2.75) is 0 Å². The molecule has 1 aliphatic carbocycles. The third kappa shape index (κ3) is 8.34. The molecule has 0 amide bonds. The van der Waals surface area contributed by atoms with Crippen molar-refractivity contribution in [3.8, 4) is 11.8 Å². The molecular formula is C24H27N3O4. The van der Waals surface area contributed by atoms with Gasteiger partial charge in [0.25, 0.3) is 0 Å². The summed E-state index contributed by atoms with van der Waals surface area (Å²) in [5, 5.41) is 3.14. The molecule has 0 atom stereocenters. The van der Waals surface area contributed by atoms with Crippen molar-refractivity contribution in [2.24, 2.45) is 0 Å². The van der Waals surface area contributed by atoms with Gasteiger partial charge in [-0.2, -0.15) is 0 Å². The van der Waals surface area contributed by atoms with E-state index in [1.54, 1.807) is 32.7 Å². The third-order valence-electron chi connectivity index (χ3n) is 3.90. The maximum absolute atomic E-state index is 5.77. The van der Waals surface area contributed by atoms with Crippen LogP contribution in [0.15, 0.2) is 78.9 Å². The van der Waals surface area contributed by atoms with Crippen molar-refractivity contribution in [1.29, 1.82) is 0 Å². The molecule has 0 aromatic carbocycles. The molecule has 31 heavy (non-hydrogen) atoms. The van der Waals surface area contributed by atoms with Gasteiger partial charge in [0.15, 0.2) is 11.5 Å². The second-order valence-corrected chi connectivity index (χ2v) is 6.16. The first-order chi connectivity index (χ1) is 15.2. The van der Waals surface area contributed by atoms with E-state index in [4.69, 9.17) is 18.9 Å². The van der Waals surface area contributed by atoms with Gasteiger partial charge in [0.2, 0.25) is 0 Å². The van der Waals surface area contributed by atoms with Crippen LogP contribution in [0, 0.1) is 11.8 Å². The van der Waals surface area contributed by atoms with Crippen LogP contribution in [0.2, 0.25) is 0 Å². The van der Waals surface area contributed by atoms with Gasteiger partial charge in [0.1, 0.15) is 25.4 Å². The highest BCUT2D eigenvalue weighted by Gasteiger charge is 2.09. The highest BCUT2D eigenvalue weighted by Crippen LogP contribution is 2.20. The highest BCUT2D eigenvalue weighted by molar-refractivity contribution is 5.65. The molecule has 7 nitrogen and oxygen atoms in total. The molecule has 0 saturated carbocycles. The lowest BCUT2D eigenvalue weighted by molar-refractivity contribution is 0.0804. The van der Waals surface area contributed by atoms with E-state index in [0.717, 1.165) is 11.1 Å². The number of aromatic nitrogens is 2. The summed E-state index contributed by atoms with van der Waals surface area (Å²) in [6, 6.07) is 0. The van der Waals surface area contributed by atoms with E-state index in [-0.39, 0.29) is 0 Å². The zero-order chi connectivity index (χ0) is 22.3. The van der Waals surface area contributed by atoms with Gasteiger partial charge in [0.05, 0.1) is 13.2 Å². The van der Waals surface area contributed by atoms with Gasteiger partial charge < -0.3 is 24.3 Å². The number of allylic oxidation sites excluding steroid dienone is 6. The Kier molecular flexibility index (Phi) is 10.4. The first-order valence-corrected chi connectivity index (χ1v) is 9.61. The fourth-order valence-electron chi connectivity index (χ4n) is 2.23. The highest BCUT2D eigenvalue weighted by atomic mass is 16.6. The average Bonchev–Trinajstić information content (AvgIpc) is 2.72. The zero-order valence-electron chi connectivity index (χ0n) is 17.9. The number of hydrogen-bond donors (Lipinski definition) is 1. The Labute approximate surface area is 183 Å². The van der Waals surface area contributed by atoms with E-state index >= 15 is 0 Å². The number of anilines is 1. The second-order valence-electron chi connectivity index (χ2n) is 6.16. The monoisotopic (exact) mass is 421 g/mol. The standard InChI is InChI=1S/C24H27N3O4/c1-19(21-9-7-10-21)8-5-6-11-26-24-22(17-25-18-27-24)16-23(31-15-13-29-4)20(2)30-14-12-28-3/h5-6,8-9,11,16-18H,1-2,12-15H2,3-4H3,(H,25,26,27)/b8-5-,11-6+,23-16+. The molecule has 0 bridgehead atoms. The summed E-state index contributed by atoms with van der Waals surface area (Å²) >= 11 is 0. The number of nitrogens with zero attached hydrogens (tertiary/aromatic N) is 2. The van der Waals surface area contributed by atoms with Crippen molar-refractivity contribution in [3.63, 3.8) is 0 Å². The van der Waals surface area contributed by atoms with Crippen LogP contribution < -0.4 is 5.32 Å². The number of methoxy groups -OCH3 is 2. The van der Waals surface area contributed by atoms with Crippen molar-refractivity contribution >= 4 is 11.9 Å². The van der Waals surface area contributed by atoms with Crippen molar-refractivity contribution in [3.05, 3.63) is 84.4 Å². The van der Waals surface area contributed by atoms with E-state index < -0.39 is 0 Å². The van der Waals surface area contributed by atoms with Gasteiger partial charge in [-0.1, -0.05) is 37.2 Å². The fraction of sp³-hybridized carbons (Fsp3) is 0.250. The van der Waals surface area contributed by atoms with Crippen molar-refractivity contribution in [2.75, 3.05) is 46.0 Å². The lowest BCUT2D eigenvalue weighted by atomic mass is 10.0. The van der Waals surface area contributed by atoms with E-state index in [0.29, 0.717) is 49.3 Å². The Morgan fingerprint density at radius 1 is 1.10 bits per heavy atom. The van der Waals surface area contributed by atoms with Crippen LogP contribution in [0.1, 0.15) is 5.56 Å². The maximum atomic E-state index is 5.77. The van der Waals surface area contributed by atoms with Crippen LogP contribution in [0.4, 0.5) is 5.82 Å². The molecule has 7 heteroatoms. The SMILES string of the molecule is C=C(/C=C\C=C\Nc1ncncc1/C=C(/OCCOC)C(=C)OCCOC)C1=CC#C1. The first-order valence-electron chi connectivity index (χ1n) is 9.61. The molecule has 0 fully saturated rings. The normalized spacial score (nSPS) is 12.7. The van der Waals surface area contributed by atoms with Gasteiger partial charge in [-0.05, 0) is 17.7 Å². The minimum absolute atomic E-state index is 0.348. The predicted octanol–water partition coefficient (Wildman–Crippen LogP) is 3.64. The molecule has 1 aliphatic rings. The van der Waals surface area contributed by atoms with Gasteiger partial charge in [-0.25, -0.2) is 9.97 Å². The molecule has 1 aromatic heterocycles.